The van der Waals surface area contributed by atoms with Gasteiger partial charge in [-0.1, -0.05) is 0 Å². The molecule has 7 nitrogen and oxygen atoms in total. The van der Waals surface area contributed by atoms with Crippen molar-refractivity contribution >= 4 is 23.7 Å². The van der Waals surface area contributed by atoms with Gasteiger partial charge < -0.3 is 10.2 Å². The third kappa shape index (κ3) is 5.75. The van der Waals surface area contributed by atoms with Gasteiger partial charge in [0.1, 0.15) is 6.04 Å². The number of carbonyl (C=O) groups is 2. The number of hydrogen-bond donors (Lipinski definition) is 4. The van der Waals surface area contributed by atoms with Gasteiger partial charge >= 0.3 is 11.9 Å². The smallest absolute Gasteiger partial charge is 0.323 e. The number of carboxylic acid groups (broad SMARTS) is 2. The molecular formula is C6H13N3O4S. The van der Waals surface area contributed by atoms with Crippen molar-refractivity contribution in [3.63, 3.8) is 0 Å². The molecule has 0 aliphatic carbocycles. The third-order valence-corrected chi connectivity index (χ3v) is 2.38. The maximum Gasteiger partial charge on any atom is 0.323 e. The average molecular weight is 223 g/mol. The van der Waals surface area contributed by atoms with E-state index in [1.165, 1.54) is 0 Å². The fourth-order valence-corrected chi connectivity index (χ4v) is 1.46. The van der Waals surface area contributed by atoms with Gasteiger partial charge in [0.05, 0.1) is 5.75 Å². The van der Waals surface area contributed by atoms with Crippen LogP contribution in [0.3, 0.4) is 0 Å². The minimum absolute atomic E-state index is 0.0541. The van der Waals surface area contributed by atoms with Crippen LogP contribution >= 0.6 is 11.8 Å². The molecular weight excluding hydrogens is 210 g/mol. The number of nitrogens with zero attached hydrogens (tertiary/aromatic N) is 1. The van der Waals surface area contributed by atoms with Crippen molar-refractivity contribution in [1.29, 1.82) is 0 Å². The van der Waals surface area contributed by atoms with E-state index in [4.69, 9.17) is 21.9 Å². The number of hydrazine groups is 2. The third-order valence-electron chi connectivity index (χ3n) is 1.41. The zero-order valence-electron chi connectivity index (χ0n) is 7.42. The van der Waals surface area contributed by atoms with E-state index in [2.05, 4.69) is 0 Å². The minimum Gasteiger partial charge on any atom is -0.481 e. The van der Waals surface area contributed by atoms with Crippen molar-refractivity contribution in [1.82, 2.24) is 5.12 Å². The Morgan fingerprint density at radius 2 is 1.93 bits per heavy atom. The van der Waals surface area contributed by atoms with Gasteiger partial charge in [0.25, 0.3) is 0 Å². The molecule has 0 fully saturated rings. The summed E-state index contributed by atoms with van der Waals surface area (Å²) in [6.45, 7) is 0. The van der Waals surface area contributed by atoms with Gasteiger partial charge in [-0.15, -0.1) is 0 Å². The van der Waals surface area contributed by atoms with Crippen LogP contribution in [0.15, 0.2) is 0 Å². The van der Waals surface area contributed by atoms with Gasteiger partial charge in [0, 0.05) is 0 Å². The first-order chi connectivity index (χ1) is 6.45. The Balaban J connectivity index is 3.73. The number of thioether (sulfide) groups is 1. The number of carboxylic acids is 2. The Bertz CT molecular complexity index is 211. The Morgan fingerprint density at radius 1 is 1.36 bits per heavy atom. The summed E-state index contributed by atoms with van der Waals surface area (Å²) >= 11 is 1.12. The highest BCUT2D eigenvalue weighted by atomic mass is 32.2. The maximum absolute atomic E-state index is 10.5. The molecule has 0 saturated heterocycles. The van der Waals surface area contributed by atoms with Crippen LogP contribution in [0.4, 0.5) is 0 Å². The van der Waals surface area contributed by atoms with Crippen molar-refractivity contribution in [2.75, 3.05) is 11.5 Å². The molecule has 0 saturated carbocycles. The fourth-order valence-electron chi connectivity index (χ4n) is 0.755. The Morgan fingerprint density at radius 3 is 2.29 bits per heavy atom. The summed E-state index contributed by atoms with van der Waals surface area (Å²) in [7, 11) is 0. The van der Waals surface area contributed by atoms with Crippen LogP contribution in [0.25, 0.3) is 0 Å². The normalized spacial score (nSPS) is 12.8. The molecule has 82 valence electrons. The number of rotatable bonds is 7. The predicted molar refractivity (Wildman–Crippen MR) is 51.2 cm³/mol. The Labute approximate surface area is 85.0 Å². The molecule has 0 rings (SSSR count). The summed E-state index contributed by atoms with van der Waals surface area (Å²) < 4.78 is 0. The van der Waals surface area contributed by atoms with Gasteiger partial charge in [-0.3, -0.25) is 21.3 Å². The van der Waals surface area contributed by atoms with Gasteiger partial charge in [-0.25, -0.2) is 0 Å². The second kappa shape index (κ2) is 6.60. The fraction of sp³-hybridized carbons (Fsp3) is 0.667. The van der Waals surface area contributed by atoms with Crippen LogP contribution in [-0.2, 0) is 9.59 Å². The molecule has 0 spiro atoms. The summed E-state index contributed by atoms with van der Waals surface area (Å²) in [5.41, 5.74) is 0. The topological polar surface area (TPSA) is 130 Å². The zero-order chi connectivity index (χ0) is 11.1. The van der Waals surface area contributed by atoms with E-state index < -0.39 is 18.0 Å². The van der Waals surface area contributed by atoms with Crippen LogP contribution in [-0.4, -0.2) is 44.8 Å². The van der Waals surface area contributed by atoms with E-state index in [9.17, 15) is 9.59 Å². The van der Waals surface area contributed by atoms with Crippen molar-refractivity contribution < 1.29 is 19.8 Å². The van der Waals surface area contributed by atoms with E-state index >= 15 is 0 Å². The SMILES string of the molecule is NN(N)[C@@H](CCSCC(=O)O)C(=O)O. The molecule has 0 aromatic rings. The highest BCUT2D eigenvalue weighted by Gasteiger charge is 2.20. The molecule has 14 heavy (non-hydrogen) atoms. The molecule has 8 heteroatoms. The molecule has 0 heterocycles. The Kier molecular flexibility index (Phi) is 6.21. The molecule has 6 N–H and O–H groups in total. The zero-order valence-corrected chi connectivity index (χ0v) is 8.24. The van der Waals surface area contributed by atoms with Crippen molar-refractivity contribution in [3.05, 3.63) is 0 Å². The van der Waals surface area contributed by atoms with E-state index in [0.29, 0.717) is 10.9 Å². The summed E-state index contributed by atoms with van der Waals surface area (Å²) in [5, 5.41) is 17.5. The van der Waals surface area contributed by atoms with Crippen LogP contribution < -0.4 is 11.7 Å². The van der Waals surface area contributed by atoms with Crippen LogP contribution in [0.1, 0.15) is 6.42 Å². The molecule has 0 bridgehead atoms. The van der Waals surface area contributed by atoms with Gasteiger partial charge in [-0.2, -0.15) is 16.9 Å². The van der Waals surface area contributed by atoms with E-state index in [1.807, 2.05) is 0 Å². The quantitative estimate of drug-likeness (QED) is 0.238. The highest BCUT2D eigenvalue weighted by Crippen LogP contribution is 2.06. The first-order valence-corrected chi connectivity index (χ1v) is 4.91. The first kappa shape index (κ1) is 13.2. The van der Waals surface area contributed by atoms with Crippen molar-refractivity contribution in [3.8, 4) is 0 Å². The molecule has 0 aromatic heterocycles. The summed E-state index contributed by atoms with van der Waals surface area (Å²) in [6.07, 6.45) is 0.209. The monoisotopic (exact) mass is 223 g/mol. The van der Waals surface area contributed by atoms with E-state index in [0.717, 1.165) is 11.8 Å². The molecule has 0 radical (unpaired) electrons. The lowest BCUT2D eigenvalue weighted by Gasteiger charge is -2.18. The molecule has 0 amide bonds. The second-order valence-electron chi connectivity index (χ2n) is 2.54. The van der Waals surface area contributed by atoms with Crippen LogP contribution in [0.5, 0.6) is 0 Å². The minimum atomic E-state index is -1.12. The predicted octanol–water partition coefficient (Wildman–Crippen LogP) is -1.30. The van der Waals surface area contributed by atoms with Gasteiger partial charge in [0.2, 0.25) is 0 Å². The lowest BCUT2D eigenvalue weighted by molar-refractivity contribution is -0.143. The highest BCUT2D eigenvalue weighted by molar-refractivity contribution is 7.99. The summed E-state index contributed by atoms with van der Waals surface area (Å²) in [4.78, 5) is 20.7. The second-order valence-corrected chi connectivity index (χ2v) is 3.64. The lowest BCUT2D eigenvalue weighted by atomic mass is 10.2. The van der Waals surface area contributed by atoms with Crippen LogP contribution in [0, 0.1) is 0 Å². The van der Waals surface area contributed by atoms with Crippen molar-refractivity contribution in [2.24, 2.45) is 11.7 Å². The molecule has 0 aliphatic heterocycles. The van der Waals surface area contributed by atoms with Gasteiger partial charge in [-0.05, 0) is 12.2 Å². The van der Waals surface area contributed by atoms with E-state index in [1.54, 1.807) is 0 Å². The number of hydrogen-bond acceptors (Lipinski definition) is 6. The van der Waals surface area contributed by atoms with E-state index in [-0.39, 0.29) is 12.2 Å². The Hall–Kier alpha value is -0.830. The number of nitrogens with two attached hydrogens (primary N) is 2. The summed E-state index contributed by atoms with van der Waals surface area (Å²) in [6, 6.07) is -0.976. The average Bonchev–Trinajstić information content (AvgIpc) is 2.01. The first-order valence-electron chi connectivity index (χ1n) is 3.76. The maximum atomic E-state index is 10.5. The van der Waals surface area contributed by atoms with Crippen molar-refractivity contribution in [2.45, 2.75) is 12.5 Å². The molecule has 0 aliphatic rings. The molecule has 0 aromatic carbocycles. The largest absolute Gasteiger partial charge is 0.481 e. The summed E-state index contributed by atoms with van der Waals surface area (Å²) in [5.74, 6) is 8.45. The van der Waals surface area contributed by atoms with Crippen LogP contribution in [0.2, 0.25) is 0 Å². The molecule has 1 atom stereocenters. The standard InChI is InChI=1S/C6H13N3O4S/c7-9(8)4(6(12)13)1-2-14-3-5(10)11/h4H,1-3,7-8H2,(H,10,11)(H,12,13)/t4-/m0/s1. The lowest BCUT2D eigenvalue weighted by Crippen LogP contribution is -2.50. The van der Waals surface area contributed by atoms with Gasteiger partial charge in [0.15, 0.2) is 0 Å². The number of aliphatic carboxylic acids is 2. The molecule has 0 unspecified atom stereocenters.